The highest BCUT2D eigenvalue weighted by molar-refractivity contribution is 6.31. The predicted octanol–water partition coefficient (Wildman–Crippen LogP) is 5.07. The summed E-state index contributed by atoms with van der Waals surface area (Å²) in [5.41, 5.74) is 1.67. The number of nitrogens with one attached hydrogen (secondary N) is 1. The van der Waals surface area contributed by atoms with E-state index in [4.69, 9.17) is 11.6 Å². The van der Waals surface area contributed by atoms with Crippen LogP contribution in [0, 0.1) is 11.8 Å². The first-order valence-electron chi connectivity index (χ1n) is 14.8. The van der Waals surface area contributed by atoms with Gasteiger partial charge in [-0.3, -0.25) is 24.1 Å². The van der Waals surface area contributed by atoms with E-state index in [1.54, 1.807) is 11.0 Å². The van der Waals surface area contributed by atoms with Gasteiger partial charge in [0.25, 0.3) is 0 Å². The van der Waals surface area contributed by atoms with Gasteiger partial charge in [-0.25, -0.2) is 0 Å². The summed E-state index contributed by atoms with van der Waals surface area (Å²) in [6.07, 6.45) is 10.5. The number of benzene rings is 2. The average Bonchev–Trinajstić information content (AvgIpc) is 3.24. The molecule has 1 heterocycles. The first-order valence-corrected chi connectivity index (χ1v) is 15.2. The standard InChI is InChI=1S/C33H38ClN3O4/c34-28-18-10-7-13-24(28)22-37(30(38)19-20-36-32(40)26-16-8-9-17-27(26)33(36)41)29(21-23-11-3-1-4-12-23)31(39)35-25-14-5-2-6-15-25/h1,3-4,7-13,18,25-27,29H,2,5-6,14-17,19-22H2,(H,35,39)/t26-,27+,29-/m1/s1. The molecule has 1 aliphatic heterocycles. The molecule has 4 amide bonds. The van der Waals surface area contributed by atoms with Gasteiger partial charge in [-0.05, 0) is 42.9 Å². The van der Waals surface area contributed by atoms with E-state index in [-0.39, 0.29) is 61.0 Å². The summed E-state index contributed by atoms with van der Waals surface area (Å²) in [5.74, 6) is -1.57. The summed E-state index contributed by atoms with van der Waals surface area (Å²) in [4.78, 5) is 56.8. The summed E-state index contributed by atoms with van der Waals surface area (Å²) in [7, 11) is 0. The van der Waals surface area contributed by atoms with Gasteiger partial charge in [0, 0.05) is 37.0 Å². The van der Waals surface area contributed by atoms with Crippen LogP contribution in [0.4, 0.5) is 0 Å². The third kappa shape index (κ3) is 6.89. The Kier molecular flexibility index (Phi) is 9.55. The fourth-order valence-electron chi connectivity index (χ4n) is 6.35. The van der Waals surface area contributed by atoms with Crippen molar-refractivity contribution in [2.75, 3.05) is 6.54 Å². The molecule has 1 saturated heterocycles. The van der Waals surface area contributed by atoms with Crippen molar-refractivity contribution < 1.29 is 19.2 Å². The van der Waals surface area contributed by atoms with Crippen LogP contribution in [0.5, 0.6) is 0 Å². The number of amides is 4. The Morgan fingerprint density at radius 3 is 2.20 bits per heavy atom. The number of carbonyl (C=O) groups excluding carboxylic acids is 4. The van der Waals surface area contributed by atoms with E-state index in [2.05, 4.69) is 5.32 Å². The molecule has 1 saturated carbocycles. The van der Waals surface area contributed by atoms with Gasteiger partial charge in [0.05, 0.1) is 11.8 Å². The summed E-state index contributed by atoms with van der Waals surface area (Å²) in [5, 5.41) is 3.74. The molecule has 5 rings (SSSR count). The highest BCUT2D eigenvalue weighted by Gasteiger charge is 2.47. The van der Waals surface area contributed by atoms with Crippen LogP contribution in [-0.4, -0.2) is 52.1 Å². The number of allylic oxidation sites excluding steroid dienone is 2. The Balaban J connectivity index is 1.39. The Bertz CT molecular complexity index is 1260. The Morgan fingerprint density at radius 1 is 0.902 bits per heavy atom. The number of hydrogen-bond donors (Lipinski definition) is 1. The molecule has 2 aromatic rings. The number of imide groups is 1. The maximum Gasteiger partial charge on any atom is 0.243 e. The van der Waals surface area contributed by atoms with Gasteiger partial charge >= 0.3 is 0 Å². The van der Waals surface area contributed by atoms with Gasteiger partial charge in [-0.15, -0.1) is 0 Å². The minimum atomic E-state index is -0.778. The minimum absolute atomic E-state index is 0.00478. The van der Waals surface area contributed by atoms with Crippen LogP contribution in [0.15, 0.2) is 66.7 Å². The van der Waals surface area contributed by atoms with Gasteiger partial charge in [0.15, 0.2) is 0 Å². The predicted molar refractivity (Wildman–Crippen MR) is 158 cm³/mol. The molecular formula is C33H38ClN3O4. The smallest absolute Gasteiger partial charge is 0.243 e. The zero-order valence-electron chi connectivity index (χ0n) is 23.3. The first-order chi connectivity index (χ1) is 19.9. The van der Waals surface area contributed by atoms with E-state index < -0.39 is 6.04 Å². The van der Waals surface area contributed by atoms with Crippen molar-refractivity contribution >= 4 is 35.2 Å². The van der Waals surface area contributed by atoms with E-state index in [0.29, 0.717) is 24.3 Å². The molecule has 2 aliphatic carbocycles. The fourth-order valence-corrected chi connectivity index (χ4v) is 6.54. The highest BCUT2D eigenvalue weighted by atomic mass is 35.5. The van der Waals surface area contributed by atoms with Crippen LogP contribution in [-0.2, 0) is 32.1 Å². The lowest BCUT2D eigenvalue weighted by Gasteiger charge is -2.34. The third-order valence-electron chi connectivity index (χ3n) is 8.67. The molecule has 7 nitrogen and oxygen atoms in total. The highest BCUT2D eigenvalue weighted by Crippen LogP contribution is 2.35. The molecule has 3 aliphatic rings. The van der Waals surface area contributed by atoms with Crippen LogP contribution in [0.3, 0.4) is 0 Å². The number of nitrogens with zero attached hydrogens (tertiary/aromatic N) is 2. The zero-order valence-corrected chi connectivity index (χ0v) is 24.1. The van der Waals surface area contributed by atoms with Crippen molar-refractivity contribution in [3.05, 3.63) is 82.9 Å². The van der Waals surface area contributed by atoms with Crippen molar-refractivity contribution in [1.29, 1.82) is 0 Å². The first kappa shape index (κ1) is 29.1. The van der Waals surface area contributed by atoms with Crippen LogP contribution >= 0.6 is 11.6 Å². The van der Waals surface area contributed by atoms with Gasteiger partial charge in [0.2, 0.25) is 23.6 Å². The van der Waals surface area contributed by atoms with E-state index in [1.807, 2.05) is 60.7 Å². The zero-order chi connectivity index (χ0) is 28.8. The molecule has 2 aromatic carbocycles. The maximum atomic E-state index is 14.0. The molecule has 0 bridgehead atoms. The molecule has 216 valence electrons. The number of rotatable bonds is 10. The second-order valence-corrected chi connectivity index (χ2v) is 11.8. The summed E-state index contributed by atoms with van der Waals surface area (Å²) in [6, 6.07) is 16.3. The van der Waals surface area contributed by atoms with Crippen LogP contribution in [0.1, 0.15) is 62.5 Å². The summed E-state index contributed by atoms with van der Waals surface area (Å²) < 4.78 is 0. The summed E-state index contributed by atoms with van der Waals surface area (Å²) >= 11 is 6.52. The fraction of sp³-hybridized carbons (Fsp3) is 0.455. The Labute approximate surface area is 246 Å². The third-order valence-corrected chi connectivity index (χ3v) is 9.04. The van der Waals surface area contributed by atoms with Crippen molar-refractivity contribution in [3.8, 4) is 0 Å². The molecule has 0 radical (unpaired) electrons. The Morgan fingerprint density at radius 2 is 1.54 bits per heavy atom. The molecule has 1 N–H and O–H groups in total. The van der Waals surface area contributed by atoms with Crippen LogP contribution in [0.25, 0.3) is 0 Å². The monoisotopic (exact) mass is 575 g/mol. The van der Waals surface area contributed by atoms with Crippen LogP contribution < -0.4 is 5.32 Å². The number of hydrogen-bond acceptors (Lipinski definition) is 4. The number of fused-ring (bicyclic) bond motifs is 1. The lowest BCUT2D eigenvalue weighted by molar-refractivity contribution is -0.144. The van der Waals surface area contributed by atoms with Crippen molar-refractivity contribution in [1.82, 2.24) is 15.1 Å². The van der Waals surface area contributed by atoms with Gasteiger partial charge in [-0.2, -0.15) is 0 Å². The van der Waals surface area contributed by atoms with Crippen molar-refractivity contribution in [2.24, 2.45) is 11.8 Å². The number of halogens is 1. The molecular weight excluding hydrogens is 538 g/mol. The number of carbonyl (C=O) groups is 4. The summed E-state index contributed by atoms with van der Waals surface area (Å²) in [6.45, 7) is 0.149. The molecule has 0 unspecified atom stereocenters. The van der Waals surface area contributed by atoms with E-state index in [0.717, 1.165) is 36.8 Å². The SMILES string of the molecule is O=C(NC1CCCCC1)[C@@H](Cc1ccccc1)N(Cc1ccccc1Cl)C(=O)CCN1C(=O)[C@H]2CC=CC[C@H]2C1=O. The van der Waals surface area contributed by atoms with Crippen molar-refractivity contribution in [3.63, 3.8) is 0 Å². The van der Waals surface area contributed by atoms with Crippen molar-refractivity contribution in [2.45, 2.75) is 76.4 Å². The van der Waals surface area contributed by atoms with E-state index in [9.17, 15) is 19.2 Å². The second-order valence-electron chi connectivity index (χ2n) is 11.4. The average molecular weight is 576 g/mol. The number of likely N-dealkylation sites (tertiary alicyclic amines) is 1. The molecule has 0 aromatic heterocycles. The lowest BCUT2D eigenvalue weighted by atomic mass is 9.85. The molecule has 2 fully saturated rings. The second kappa shape index (κ2) is 13.5. The van der Waals surface area contributed by atoms with E-state index >= 15 is 0 Å². The maximum absolute atomic E-state index is 14.0. The van der Waals surface area contributed by atoms with Gasteiger partial charge in [-0.1, -0.05) is 91.5 Å². The topological polar surface area (TPSA) is 86.8 Å². The Hall–Kier alpha value is -3.45. The lowest BCUT2D eigenvalue weighted by Crippen LogP contribution is -2.53. The molecule has 3 atom stereocenters. The largest absolute Gasteiger partial charge is 0.352 e. The molecule has 0 spiro atoms. The normalized spacial score (nSPS) is 21.4. The van der Waals surface area contributed by atoms with Gasteiger partial charge < -0.3 is 10.2 Å². The molecule has 41 heavy (non-hydrogen) atoms. The minimum Gasteiger partial charge on any atom is -0.352 e. The molecule has 8 heteroatoms. The van der Waals surface area contributed by atoms with E-state index in [1.165, 1.54) is 11.3 Å². The quantitative estimate of drug-likeness (QED) is 0.316. The van der Waals surface area contributed by atoms with Gasteiger partial charge in [0.1, 0.15) is 6.04 Å². The van der Waals surface area contributed by atoms with Crippen LogP contribution in [0.2, 0.25) is 5.02 Å².